The molecule has 2 aliphatic rings. The number of nitrogens with one attached hydrogen (secondary N) is 2. The highest BCUT2D eigenvalue weighted by atomic mass is 32.2. The Bertz CT molecular complexity index is 1120. The Morgan fingerprint density at radius 2 is 1.83 bits per heavy atom. The Labute approximate surface area is 210 Å². The van der Waals surface area contributed by atoms with Crippen molar-refractivity contribution in [1.82, 2.24) is 30.5 Å². The van der Waals surface area contributed by atoms with Gasteiger partial charge >= 0.3 is 6.03 Å². The summed E-state index contributed by atoms with van der Waals surface area (Å²) in [5.41, 5.74) is 3.74. The van der Waals surface area contributed by atoms with E-state index in [1.165, 1.54) is 17.3 Å². The molecule has 2 fully saturated rings. The molecule has 1 atom stereocenters. The fraction of sp³-hybridized carbons (Fsp3) is 0.560. The van der Waals surface area contributed by atoms with Crippen molar-refractivity contribution in [3.05, 3.63) is 29.8 Å². The highest BCUT2D eigenvalue weighted by molar-refractivity contribution is 7.99. The Hall–Kier alpha value is -2.88. The molecule has 9 nitrogen and oxygen atoms in total. The zero-order chi connectivity index (χ0) is 25.4. The lowest BCUT2D eigenvalue weighted by Crippen LogP contribution is -2.49. The van der Waals surface area contributed by atoms with Gasteiger partial charge in [-0.2, -0.15) is 5.01 Å². The van der Waals surface area contributed by atoms with Gasteiger partial charge in [0.2, 0.25) is 5.91 Å². The number of hydrogen-bond donors (Lipinski definition) is 2. The van der Waals surface area contributed by atoms with E-state index in [0.29, 0.717) is 11.6 Å². The zero-order valence-corrected chi connectivity index (χ0v) is 21.9. The van der Waals surface area contributed by atoms with E-state index in [1.54, 1.807) is 6.92 Å². The number of hydrazine groups is 1. The monoisotopic (exact) mass is 498 g/mol. The summed E-state index contributed by atoms with van der Waals surface area (Å²) >= 11 is 1.26. The van der Waals surface area contributed by atoms with Crippen molar-refractivity contribution >= 4 is 29.6 Å². The lowest BCUT2D eigenvalue weighted by atomic mass is 9.86. The molecule has 0 bridgehead atoms. The number of benzene rings is 1. The average Bonchev–Trinajstić information content (AvgIpc) is 3.53. The summed E-state index contributed by atoms with van der Waals surface area (Å²) in [6.45, 7) is 10.0. The van der Waals surface area contributed by atoms with Crippen LogP contribution in [0, 0.1) is 0 Å². The smallest absolute Gasteiger partial charge is 0.322 e. The zero-order valence-electron chi connectivity index (χ0n) is 21.1. The fourth-order valence-corrected chi connectivity index (χ4v) is 5.29. The quantitative estimate of drug-likeness (QED) is 0.437. The topological polar surface area (TPSA) is 109 Å². The standard InChI is InChI=1S/C25H34N6O3S/c1-6-25(5)21(33)31(22(34)26-25)29-19(32)15-35-23-28-27-20(30(23)18-9-7-8-10-18)16-11-13-17(14-12-16)24(2,3)4/h11-14,18H,6-10,15H2,1-5H3,(H,26,34)(H,29,32). The summed E-state index contributed by atoms with van der Waals surface area (Å²) in [6, 6.07) is 8.09. The molecule has 35 heavy (non-hydrogen) atoms. The third-order valence-corrected chi connectivity index (χ3v) is 7.84. The van der Waals surface area contributed by atoms with Gasteiger partial charge in [-0.05, 0) is 37.2 Å². The van der Waals surface area contributed by atoms with Gasteiger partial charge in [0, 0.05) is 11.6 Å². The number of hydrogen-bond acceptors (Lipinski definition) is 6. The molecule has 2 aromatic rings. The number of urea groups is 1. The van der Waals surface area contributed by atoms with Crippen LogP contribution in [0.5, 0.6) is 0 Å². The minimum Gasteiger partial charge on any atom is -0.322 e. The van der Waals surface area contributed by atoms with E-state index in [-0.39, 0.29) is 17.2 Å². The van der Waals surface area contributed by atoms with Gasteiger partial charge in [0.1, 0.15) is 5.54 Å². The van der Waals surface area contributed by atoms with E-state index in [1.807, 2.05) is 6.92 Å². The summed E-state index contributed by atoms with van der Waals surface area (Å²) in [7, 11) is 0. The maximum absolute atomic E-state index is 12.6. The van der Waals surface area contributed by atoms with Crippen LogP contribution in [-0.2, 0) is 15.0 Å². The largest absolute Gasteiger partial charge is 0.344 e. The lowest BCUT2D eigenvalue weighted by molar-refractivity contribution is -0.137. The molecule has 2 heterocycles. The first-order chi connectivity index (χ1) is 16.5. The molecule has 4 rings (SSSR count). The number of rotatable bonds is 7. The van der Waals surface area contributed by atoms with Crippen LogP contribution >= 0.6 is 11.8 Å². The second-order valence-corrected chi connectivity index (χ2v) is 11.5. The van der Waals surface area contributed by atoms with Crippen LogP contribution in [0.15, 0.2) is 29.4 Å². The van der Waals surface area contributed by atoms with Gasteiger partial charge in [-0.3, -0.25) is 19.6 Å². The molecular formula is C25H34N6O3S. The van der Waals surface area contributed by atoms with Crippen LogP contribution < -0.4 is 10.7 Å². The Morgan fingerprint density at radius 3 is 2.40 bits per heavy atom. The Kier molecular flexibility index (Phi) is 6.95. The third kappa shape index (κ3) is 5.07. The van der Waals surface area contributed by atoms with Gasteiger partial charge in [0.25, 0.3) is 5.91 Å². The molecule has 1 aliphatic heterocycles. The summed E-state index contributed by atoms with van der Waals surface area (Å²) < 4.78 is 2.15. The van der Waals surface area contributed by atoms with Gasteiger partial charge < -0.3 is 5.32 Å². The third-order valence-electron chi connectivity index (χ3n) is 6.90. The van der Waals surface area contributed by atoms with Crippen molar-refractivity contribution in [2.75, 3.05) is 5.75 Å². The van der Waals surface area contributed by atoms with E-state index >= 15 is 0 Å². The second kappa shape index (κ2) is 9.64. The molecule has 1 aromatic heterocycles. The average molecular weight is 499 g/mol. The molecule has 1 unspecified atom stereocenters. The lowest BCUT2D eigenvalue weighted by Gasteiger charge is -2.20. The molecule has 0 radical (unpaired) electrons. The SMILES string of the molecule is CCC1(C)NC(=O)N(NC(=O)CSc2nnc(-c3ccc(C(C)(C)C)cc3)n2C2CCCC2)C1=O. The van der Waals surface area contributed by atoms with Crippen molar-refractivity contribution in [1.29, 1.82) is 0 Å². The minimum absolute atomic E-state index is 0.00765. The van der Waals surface area contributed by atoms with E-state index in [0.717, 1.165) is 42.1 Å². The molecule has 4 amide bonds. The van der Waals surface area contributed by atoms with E-state index < -0.39 is 23.4 Å². The number of amides is 4. The first-order valence-electron chi connectivity index (χ1n) is 12.2. The Morgan fingerprint density at radius 1 is 1.17 bits per heavy atom. The second-order valence-electron chi connectivity index (χ2n) is 10.5. The van der Waals surface area contributed by atoms with Crippen molar-refractivity contribution < 1.29 is 14.4 Å². The predicted octanol–water partition coefficient (Wildman–Crippen LogP) is 4.20. The highest BCUT2D eigenvalue weighted by Crippen LogP contribution is 2.37. The maximum atomic E-state index is 12.6. The first kappa shape index (κ1) is 25.2. The van der Waals surface area contributed by atoms with Crippen LogP contribution in [-0.4, -0.2) is 48.9 Å². The molecule has 1 aliphatic carbocycles. The Balaban J connectivity index is 1.50. The van der Waals surface area contributed by atoms with Gasteiger partial charge in [0.05, 0.1) is 5.75 Å². The number of imide groups is 1. The van der Waals surface area contributed by atoms with Gasteiger partial charge in [-0.15, -0.1) is 10.2 Å². The highest BCUT2D eigenvalue weighted by Gasteiger charge is 2.47. The first-order valence-corrected chi connectivity index (χ1v) is 13.2. The minimum atomic E-state index is -1.00. The van der Waals surface area contributed by atoms with Crippen molar-refractivity contribution in [3.8, 4) is 11.4 Å². The van der Waals surface area contributed by atoms with Crippen molar-refractivity contribution in [2.24, 2.45) is 0 Å². The molecule has 0 spiro atoms. The van der Waals surface area contributed by atoms with Gasteiger partial charge in [0.15, 0.2) is 11.0 Å². The fourth-order valence-electron chi connectivity index (χ4n) is 4.50. The number of nitrogens with zero attached hydrogens (tertiary/aromatic N) is 4. The number of aromatic nitrogens is 3. The molecule has 2 N–H and O–H groups in total. The van der Waals surface area contributed by atoms with E-state index in [9.17, 15) is 14.4 Å². The van der Waals surface area contributed by atoms with Crippen LogP contribution in [0.3, 0.4) is 0 Å². The number of carbonyl (C=O) groups excluding carboxylic acids is 3. The van der Waals surface area contributed by atoms with E-state index in [2.05, 4.69) is 70.5 Å². The predicted molar refractivity (Wildman–Crippen MR) is 135 cm³/mol. The van der Waals surface area contributed by atoms with Crippen LogP contribution in [0.1, 0.15) is 78.3 Å². The number of thioether (sulfide) groups is 1. The maximum Gasteiger partial charge on any atom is 0.344 e. The summed E-state index contributed by atoms with van der Waals surface area (Å²) in [6.07, 6.45) is 4.82. The van der Waals surface area contributed by atoms with Crippen molar-refractivity contribution in [2.45, 2.75) is 88.9 Å². The van der Waals surface area contributed by atoms with Crippen molar-refractivity contribution in [3.63, 3.8) is 0 Å². The summed E-state index contributed by atoms with van der Waals surface area (Å²) in [5, 5.41) is 13.0. The molecule has 10 heteroatoms. The molecule has 1 saturated carbocycles. The normalized spacial score (nSPS) is 21.0. The van der Waals surface area contributed by atoms with Crippen LogP contribution in [0.4, 0.5) is 4.79 Å². The molecule has 1 aromatic carbocycles. The van der Waals surface area contributed by atoms with Crippen LogP contribution in [0.2, 0.25) is 0 Å². The molecule has 1 saturated heterocycles. The number of carbonyl (C=O) groups is 3. The van der Waals surface area contributed by atoms with Gasteiger partial charge in [-0.1, -0.05) is 76.6 Å². The molecule has 188 valence electrons. The van der Waals surface area contributed by atoms with E-state index in [4.69, 9.17) is 0 Å². The summed E-state index contributed by atoms with van der Waals surface area (Å²) in [5.74, 6) is -0.101. The van der Waals surface area contributed by atoms with Crippen LogP contribution in [0.25, 0.3) is 11.4 Å². The van der Waals surface area contributed by atoms with Gasteiger partial charge in [-0.25, -0.2) is 4.79 Å². The molecular weight excluding hydrogens is 464 g/mol. The summed E-state index contributed by atoms with van der Waals surface area (Å²) in [4.78, 5) is 37.4.